The van der Waals surface area contributed by atoms with E-state index in [0.29, 0.717) is 36.9 Å². The molecule has 1 amide bonds. The highest BCUT2D eigenvalue weighted by Crippen LogP contribution is 2.17. The zero-order chi connectivity index (χ0) is 18.4. The molecule has 2 aromatic heterocycles. The van der Waals surface area contributed by atoms with Crippen LogP contribution in [0.3, 0.4) is 0 Å². The van der Waals surface area contributed by atoms with E-state index in [2.05, 4.69) is 24.0 Å². The van der Waals surface area contributed by atoms with Gasteiger partial charge in [0.25, 0.3) is 0 Å². The molecule has 1 aromatic carbocycles. The van der Waals surface area contributed by atoms with Gasteiger partial charge in [-0.2, -0.15) is 4.98 Å². The van der Waals surface area contributed by atoms with Gasteiger partial charge in [-0.05, 0) is 31.0 Å². The molecule has 0 fully saturated rings. The molecule has 1 unspecified atom stereocenters. The molecule has 0 aliphatic heterocycles. The summed E-state index contributed by atoms with van der Waals surface area (Å²) in [6.45, 7) is 4.77. The summed E-state index contributed by atoms with van der Waals surface area (Å²) >= 11 is 0. The standard InChI is InChI=1S/C20H23N3O3/c1-3-15(2)23(14-16-8-5-4-6-9-16)19(24)12-11-18-21-20(22-26-18)17-10-7-13-25-17/h4-10,13,15H,3,11-12,14H2,1-2H3. The Bertz CT molecular complexity index is 812. The fraction of sp³-hybridized carbons (Fsp3) is 0.350. The molecule has 0 aliphatic carbocycles. The van der Waals surface area contributed by atoms with Crippen LogP contribution in [-0.4, -0.2) is 27.0 Å². The third-order valence-electron chi connectivity index (χ3n) is 4.40. The summed E-state index contributed by atoms with van der Waals surface area (Å²) in [4.78, 5) is 19.0. The molecule has 0 aliphatic rings. The van der Waals surface area contributed by atoms with Gasteiger partial charge in [0.2, 0.25) is 17.6 Å². The van der Waals surface area contributed by atoms with E-state index in [-0.39, 0.29) is 11.9 Å². The Morgan fingerprint density at radius 3 is 2.69 bits per heavy atom. The Labute approximate surface area is 152 Å². The lowest BCUT2D eigenvalue weighted by Crippen LogP contribution is -2.37. The summed E-state index contributed by atoms with van der Waals surface area (Å²) in [5, 5.41) is 3.90. The molecule has 0 radical (unpaired) electrons. The van der Waals surface area contributed by atoms with Crippen molar-refractivity contribution >= 4 is 5.91 Å². The highest BCUT2D eigenvalue weighted by atomic mass is 16.5. The molecule has 0 N–H and O–H groups in total. The molecule has 3 rings (SSSR count). The number of amides is 1. The van der Waals surface area contributed by atoms with Crippen LogP contribution in [0.15, 0.2) is 57.7 Å². The predicted octanol–water partition coefficient (Wildman–Crippen LogP) is 4.09. The summed E-state index contributed by atoms with van der Waals surface area (Å²) in [6.07, 6.45) is 3.20. The van der Waals surface area contributed by atoms with E-state index >= 15 is 0 Å². The van der Waals surface area contributed by atoms with E-state index in [1.165, 1.54) is 0 Å². The van der Waals surface area contributed by atoms with Crippen molar-refractivity contribution in [2.24, 2.45) is 0 Å². The van der Waals surface area contributed by atoms with Crippen LogP contribution in [0.5, 0.6) is 0 Å². The minimum Gasteiger partial charge on any atom is -0.461 e. The number of carbonyl (C=O) groups excluding carboxylic acids is 1. The van der Waals surface area contributed by atoms with E-state index in [0.717, 1.165) is 12.0 Å². The van der Waals surface area contributed by atoms with Gasteiger partial charge in [-0.25, -0.2) is 0 Å². The Kier molecular flexibility index (Phi) is 5.84. The zero-order valence-electron chi connectivity index (χ0n) is 15.1. The topological polar surface area (TPSA) is 72.4 Å². The maximum absolute atomic E-state index is 12.8. The van der Waals surface area contributed by atoms with Crippen molar-refractivity contribution in [1.29, 1.82) is 0 Å². The maximum Gasteiger partial charge on any atom is 0.238 e. The lowest BCUT2D eigenvalue weighted by atomic mass is 10.1. The average Bonchev–Trinajstić information content (AvgIpc) is 3.35. The molecule has 0 saturated heterocycles. The molecular formula is C20H23N3O3. The quantitative estimate of drug-likeness (QED) is 0.610. The summed E-state index contributed by atoms with van der Waals surface area (Å²) in [5.74, 6) is 1.48. The number of furan rings is 1. The summed E-state index contributed by atoms with van der Waals surface area (Å²) in [6, 6.07) is 13.7. The van der Waals surface area contributed by atoms with E-state index in [1.54, 1.807) is 18.4 Å². The summed E-state index contributed by atoms with van der Waals surface area (Å²) < 4.78 is 10.5. The number of rotatable bonds is 8. The lowest BCUT2D eigenvalue weighted by Gasteiger charge is -2.28. The summed E-state index contributed by atoms with van der Waals surface area (Å²) in [5.41, 5.74) is 1.12. The van der Waals surface area contributed by atoms with Crippen molar-refractivity contribution in [3.8, 4) is 11.6 Å². The van der Waals surface area contributed by atoms with Crippen molar-refractivity contribution in [1.82, 2.24) is 15.0 Å². The first kappa shape index (κ1) is 17.9. The molecule has 0 bridgehead atoms. The second kappa shape index (κ2) is 8.47. The van der Waals surface area contributed by atoms with Crippen LogP contribution >= 0.6 is 0 Å². The fourth-order valence-corrected chi connectivity index (χ4v) is 2.71. The smallest absolute Gasteiger partial charge is 0.238 e. The fourth-order valence-electron chi connectivity index (χ4n) is 2.71. The number of carbonyl (C=O) groups is 1. The van der Waals surface area contributed by atoms with Gasteiger partial charge in [0.05, 0.1) is 6.26 Å². The van der Waals surface area contributed by atoms with Gasteiger partial charge >= 0.3 is 0 Å². The van der Waals surface area contributed by atoms with Crippen LogP contribution in [0.1, 0.15) is 38.1 Å². The van der Waals surface area contributed by atoms with E-state index in [1.807, 2.05) is 35.2 Å². The van der Waals surface area contributed by atoms with Crippen molar-refractivity contribution in [3.63, 3.8) is 0 Å². The van der Waals surface area contributed by atoms with Crippen LogP contribution in [-0.2, 0) is 17.8 Å². The third kappa shape index (κ3) is 4.39. The van der Waals surface area contributed by atoms with E-state index in [9.17, 15) is 4.79 Å². The monoisotopic (exact) mass is 353 g/mol. The van der Waals surface area contributed by atoms with Crippen molar-refractivity contribution in [3.05, 3.63) is 60.2 Å². The Hall–Kier alpha value is -2.89. The Balaban J connectivity index is 1.62. The molecule has 136 valence electrons. The summed E-state index contributed by atoms with van der Waals surface area (Å²) in [7, 11) is 0. The first-order chi connectivity index (χ1) is 12.7. The van der Waals surface area contributed by atoms with Gasteiger partial charge in [-0.1, -0.05) is 42.4 Å². The first-order valence-corrected chi connectivity index (χ1v) is 8.87. The van der Waals surface area contributed by atoms with Crippen molar-refractivity contribution in [2.45, 2.75) is 45.7 Å². The normalized spacial score (nSPS) is 12.1. The Morgan fingerprint density at radius 1 is 1.19 bits per heavy atom. The SMILES string of the molecule is CCC(C)N(Cc1ccccc1)C(=O)CCc1nc(-c2ccco2)no1. The molecule has 6 nitrogen and oxygen atoms in total. The molecule has 6 heteroatoms. The number of hydrogen-bond donors (Lipinski definition) is 0. The van der Waals surface area contributed by atoms with Crippen molar-refractivity contribution in [2.75, 3.05) is 0 Å². The molecule has 0 saturated carbocycles. The number of benzene rings is 1. The van der Waals surface area contributed by atoms with Gasteiger partial charge < -0.3 is 13.8 Å². The maximum atomic E-state index is 12.8. The van der Waals surface area contributed by atoms with Crippen LogP contribution in [0, 0.1) is 0 Å². The second-order valence-electron chi connectivity index (χ2n) is 6.25. The average molecular weight is 353 g/mol. The van der Waals surface area contributed by atoms with Crippen LogP contribution in [0.2, 0.25) is 0 Å². The number of aryl methyl sites for hydroxylation is 1. The van der Waals surface area contributed by atoms with Gasteiger partial charge in [-0.15, -0.1) is 0 Å². The highest BCUT2D eigenvalue weighted by molar-refractivity contribution is 5.76. The number of aromatic nitrogens is 2. The molecular weight excluding hydrogens is 330 g/mol. The molecule has 26 heavy (non-hydrogen) atoms. The van der Waals surface area contributed by atoms with Gasteiger partial charge in [0, 0.05) is 25.4 Å². The lowest BCUT2D eigenvalue weighted by molar-refractivity contribution is -0.134. The van der Waals surface area contributed by atoms with E-state index < -0.39 is 0 Å². The Morgan fingerprint density at radius 2 is 2.00 bits per heavy atom. The van der Waals surface area contributed by atoms with Gasteiger partial charge in [-0.3, -0.25) is 4.79 Å². The highest BCUT2D eigenvalue weighted by Gasteiger charge is 2.20. The molecule has 3 aromatic rings. The third-order valence-corrected chi connectivity index (χ3v) is 4.40. The van der Waals surface area contributed by atoms with Crippen LogP contribution in [0.4, 0.5) is 0 Å². The van der Waals surface area contributed by atoms with E-state index in [4.69, 9.17) is 8.94 Å². The van der Waals surface area contributed by atoms with Crippen LogP contribution in [0.25, 0.3) is 11.6 Å². The predicted molar refractivity (Wildman–Crippen MR) is 97.1 cm³/mol. The van der Waals surface area contributed by atoms with Gasteiger partial charge in [0.1, 0.15) is 0 Å². The zero-order valence-corrected chi connectivity index (χ0v) is 15.1. The molecule has 0 spiro atoms. The first-order valence-electron chi connectivity index (χ1n) is 8.87. The van der Waals surface area contributed by atoms with Crippen molar-refractivity contribution < 1.29 is 13.7 Å². The largest absolute Gasteiger partial charge is 0.461 e. The second-order valence-corrected chi connectivity index (χ2v) is 6.25. The molecule has 1 atom stereocenters. The minimum absolute atomic E-state index is 0.0842. The number of hydrogen-bond acceptors (Lipinski definition) is 5. The molecule has 2 heterocycles. The minimum atomic E-state index is 0.0842. The van der Waals surface area contributed by atoms with Gasteiger partial charge in [0.15, 0.2) is 5.76 Å². The van der Waals surface area contributed by atoms with Crippen LogP contribution < -0.4 is 0 Å². The number of nitrogens with zero attached hydrogens (tertiary/aromatic N) is 3.